The van der Waals surface area contributed by atoms with Gasteiger partial charge in [0, 0.05) is 20.5 Å². The SMILES string of the molecule is CCCCCCCCCCCCO[C@@H]1O[C@H](CO)[C@@H](O[C@@H]2O[C@H](CO)[C@@H](O)[C@H](O)[C@H]2NC(C)=O)[C@H](OC(C)C(=O)O)[C@H]1NC(C)=O. The molecule has 7 N–H and O–H groups in total. The monoisotopic (exact) mass is 664 g/mol. The van der Waals surface area contributed by atoms with Gasteiger partial charge in [-0.05, 0) is 13.3 Å². The molecule has 0 aromatic carbocycles. The predicted octanol–water partition coefficient (Wildman–Crippen LogP) is 0.333. The van der Waals surface area contributed by atoms with Crippen molar-refractivity contribution in [1.29, 1.82) is 0 Å². The number of hydrogen-bond donors (Lipinski definition) is 7. The molecule has 2 saturated heterocycles. The number of ether oxygens (including phenoxy) is 5. The fourth-order valence-electron chi connectivity index (χ4n) is 5.73. The highest BCUT2D eigenvalue weighted by Crippen LogP contribution is 2.32. The van der Waals surface area contributed by atoms with Crippen LogP contribution in [0.25, 0.3) is 0 Å². The van der Waals surface area contributed by atoms with Crippen LogP contribution in [0.2, 0.25) is 0 Å². The molecular weight excluding hydrogens is 608 g/mol. The second kappa shape index (κ2) is 21.1. The van der Waals surface area contributed by atoms with Crippen molar-refractivity contribution in [2.24, 2.45) is 0 Å². The van der Waals surface area contributed by atoms with Crippen molar-refractivity contribution in [3.05, 3.63) is 0 Å². The van der Waals surface area contributed by atoms with Gasteiger partial charge in [0.15, 0.2) is 18.7 Å². The summed E-state index contributed by atoms with van der Waals surface area (Å²) >= 11 is 0. The molecule has 11 atom stereocenters. The number of carbonyl (C=O) groups is 3. The standard InChI is InChI=1S/C31H56N2O13/c1-5-6-7-8-9-10-11-12-13-14-15-42-30-24(33-20(4)37)28(43-18(2)29(40)41)27(22(17-35)45-30)46-31-23(32-19(3)36)26(39)25(38)21(16-34)44-31/h18,21-28,30-31,34-35,38-39H,5-17H2,1-4H3,(H,32,36)(H,33,37)(H,40,41)/t18?,21-,22-,23-,24-,25-,26-,27-,28-,30-,31+/m1/s1. The molecule has 0 saturated carbocycles. The molecular formula is C31H56N2O13. The quantitative estimate of drug-likeness (QED) is 0.0823. The van der Waals surface area contributed by atoms with Gasteiger partial charge < -0.3 is 59.9 Å². The highest BCUT2D eigenvalue weighted by Gasteiger charge is 2.53. The third-order valence-corrected chi connectivity index (χ3v) is 8.23. The molecule has 0 radical (unpaired) electrons. The first-order valence-electron chi connectivity index (χ1n) is 16.5. The fraction of sp³-hybridized carbons (Fsp3) is 0.903. The molecule has 2 amide bonds. The lowest BCUT2D eigenvalue weighted by molar-refractivity contribution is -0.338. The number of nitrogens with one attached hydrogen (secondary N) is 2. The number of amides is 2. The van der Waals surface area contributed by atoms with Crippen LogP contribution < -0.4 is 10.6 Å². The number of hydrogen-bond acceptors (Lipinski definition) is 12. The number of rotatable bonds is 21. The van der Waals surface area contributed by atoms with Crippen LogP contribution in [0, 0.1) is 0 Å². The molecule has 0 aromatic heterocycles. The molecule has 2 heterocycles. The molecule has 0 bridgehead atoms. The third kappa shape index (κ3) is 12.6. The van der Waals surface area contributed by atoms with E-state index >= 15 is 0 Å². The van der Waals surface area contributed by atoms with Gasteiger partial charge in [-0.25, -0.2) is 4.79 Å². The topological polar surface area (TPSA) is 223 Å². The number of aliphatic hydroxyl groups excluding tert-OH is 4. The lowest BCUT2D eigenvalue weighted by Gasteiger charge is -2.49. The van der Waals surface area contributed by atoms with Crippen LogP contribution in [-0.4, -0.2) is 131 Å². The minimum atomic E-state index is -1.63. The van der Waals surface area contributed by atoms with Crippen LogP contribution in [0.3, 0.4) is 0 Å². The Hall–Kier alpha value is -1.95. The Bertz CT molecular complexity index is 912. The number of aliphatic hydroxyl groups is 4. The molecule has 0 aliphatic carbocycles. The van der Waals surface area contributed by atoms with E-state index in [0.717, 1.165) is 19.3 Å². The number of unbranched alkanes of at least 4 members (excludes halogenated alkanes) is 9. The van der Waals surface area contributed by atoms with Crippen LogP contribution in [0.5, 0.6) is 0 Å². The average Bonchev–Trinajstić information content (AvgIpc) is 3.00. The molecule has 2 aliphatic rings. The van der Waals surface area contributed by atoms with Gasteiger partial charge in [-0.2, -0.15) is 0 Å². The van der Waals surface area contributed by atoms with Crippen molar-refractivity contribution in [3.63, 3.8) is 0 Å². The average molecular weight is 665 g/mol. The number of carboxylic acid groups (broad SMARTS) is 1. The molecule has 0 aromatic rings. The smallest absolute Gasteiger partial charge is 0.332 e. The van der Waals surface area contributed by atoms with Crippen molar-refractivity contribution in [2.75, 3.05) is 19.8 Å². The second-order valence-electron chi connectivity index (χ2n) is 12.1. The van der Waals surface area contributed by atoms with Gasteiger partial charge in [0.1, 0.15) is 48.7 Å². The molecule has 46 heavy (non-hydrogen) atoms. The van der Waals surface area contributed by atoms with E-state index in [-0.39, 0.29) is 6.61 Å². The van der Waals surface area contributed by atoms with Crippen LogP contribution in [0.1, 0.15) is 91.9 Å². The van der Waals surface area contributed by atoms with Crippen molar-refractivity contribution >= 4 is 17.8 Å². The van der Waals surface area contributed by atoms with Gasteiger partial charge in [-0.15, -0.1) is 0 Å². The van der Waals surface area contributed by atoms with E-state index in [9.17, 15) is 39.9 Å². The maximum Gasteiger partial charge on any atom is 0.332 e. The Kier molecular flexibility index (Phi) is 18.5. The number of aliphatic carboxylic acids is 1. The zero-order chi connectivity index (χ0) is 34.2. The molecule has 1 unspecified atom stereocenters. The van der Waals surface area contributed by atoms with Crippen LogP contribution in [0.4, 0.5) is 0 Å². The van der Waals surface area contributed by atoms with E-state index in [1.165, 1.54) is 59.3 Å². The first-order valence-corrected chi connectivity index (χ1v) is 16.5. The van der Waals surface area contributed by atoms with E-state index in [4.69, 9.17) is 23.7 Å². The van der Waals surface area contributed by atoms with E-state index in [1.807, 2.05) is 0 Å². The Morgan fingerprint density at radius 2 is 1.26 bits per heavy atom. The molecule has 0 spiro atoms. The molecule has 2 fully saturated rings. The predicted molar refractivity (Wildman–Crippen MR) is 163 cm³/mol. The summed E-state index contributed by atoms with van der Waals surface area (Å²) in [5.41, 5.74) is 0. The van der Waals surface area contributed by atoms with Gasteiger partial charge in [0.2, 0.25) is 11.8 Å². The summed E-state index contributed by atoms with van der Waals surface area (Å²) in [6.45, 7) is 4.83. The number of carbonyl (C=O) groups excluding carboxylic acids is 2. The molecule has 2 aliphatic heterocycles. The van der Waals surface area contributed by atoms with Crippen LogP contribution >= 0.6 is 0 Å². The maximum atomic E-state index is 12.3. The van der Waals surface area contributed by atoms with Crippen molar-refractivity contribution in [2.45, 2.75) is 159 Å². The maximum absolute atomic E-state index is 12.3. The number of carboxylic acids is 1. The first kappa shape index (κ1) is 40.2. The second-order valence-corrected chi connectivity index (χ2v) is 12.1. The lowest BCUT2D eigenvalue weighted by atomic mass is 9.94. The Morgan fingerprint density at radius 3 is 1.78 bits per heavy atom. The minimum Gasteiger partial charge on any atom is -0.479 e. The third-order valence-electron chi connectivity index (χ3n) is 8.23. The zero-order valence-corrected chi connectivity index (χ0v) is 27.5. The summed E-state index contributed by atoms with van der Waals surface area (Å²) in [6, 6.07) is -2.45. The van der Waals surface area contributed by atoms with Gasteiger partial charge in [0.25, 0.3) is 0 Å². The van der Waals surface area contributed by atoms with Gasteiger partial charge in [-0.3, -0.25) is 9.59 Å². The Balaban J connectivity index is 2.22. The van der Waals surface area contributed by atoms with Gasteiger partial charge >= 0.3 is 5.97 Å². The minimum absolute atomic E-state index is 0.265. The van der Waals surface area contributed by atoms with Crippen LogP contribution in [-0.2, 0) is 38.1 Å². The van der Waals surface area contributed by atoms with E-state index in [2.05, 4.69) is 17.6 Å². The summed E-state index contributed by atoms with van der Waals surface area (Å²) in [5, 5.41) is 56.0. The summed E-state index contributed by atoms with van der Waals surface area (Å²) in [5.74, 6) is -2.39. The molecule has 2 rings (SSSR count). The molecule has 268 valence electrons. The van der Waals surface area contributed by atoms with E-state index in [0.29, 0.717) is 6.42 Å². The fourth-order valence-corrected chi connectivity index (χ4v) is 5.73. The first-order chi connectivity index (χ1) is 21.9. The largest absolute Gasteiger partial charge is 0.479 e. The molecule has 15 nitrogen and oxygen atoms in total. The van der Waals surface area contributed by atoms with Gasteiger partial charge in [0.05, 0.1) is 13.2 Å². The summed E-state index contributed by atoms with van der Waals surface area (Å²) in [6.07, 6.45) is -1.19. The van der Waals surface area contributed by atoms with Crippen molar-refractivity contribution in [1.82, 2.24) is 10.6 Å². The Morgan fingerprint density at radius 1 is 0.739 bits per heavy atom. The van der Waals surface area contributed by atoms with E-state index < -0.39 is 98.4 Å². The van der Waals surface area contributed by atoms with Crippen molar-refractivity contribution < 1.29 is 63.6 Å². The summed E-state index contributed by atoms with van der Waals surface area (Å²) in [7, 11) is 0. The highest BCUT2D eigenvalue weighted by atomic mass is 16.7. The summed E-state index contributed by atoms with van der Waals surface area (Å²) < 4.78 is 29.8. The zero-order valence-electron chi connectivity index (χ0n) is 27.5. The normalized spacial score (nSPS) is 32.1. The van der Waals surface area contributed by atoms with Crippen molar-refractivity contribution in [3.8, 4) is 0 Å². The molecule has 15 heteroatoms. The summed E-state index contributed by atoms with van der Waals surface area (Å²) in [4.78, 5) is 36.1. The highest BCUT2D eigenvalue weighted by molar-refractivity contribution is 5.74. The Labute approximate surface area is 271 Å². The lowest BCUT2D eigenvalue weighted by Crippen LogP contribution is -2.70. The van der Waals surface area contributed by atoms with Crippen LogP contribution in [0.15, 0.2) is 0 Å². The van der Waals surface area contributed by atoms with E-state index in [1.54, 1.807) is 0 Å². The van der Waals surface area contributed by atoms with Gasteiger partial charge in [-0.1, -0.05) is 64.7 Å².